The van der Waals surface area contributed by atoms with Gasteiger partial charge in [-0.05, 0) is 32.6 Å². The number of piperidine rings is 1. The summed E-state index contributed by atoms with van der Waals surface area (Å²) >= 11 is 0. The molecule has 5 heteroatoms. The third-order valence-corrected chi connectivity index (χ3v) is 3.52. The molecular formula is C13H24N2O3. The van der Waals surface area contributed by atoms with Crippen molar-refractivity contribution in [3.05, 3.63) is 0 Å². The summed E-state index contributed by atoms with van der Waals surface area (Å²) in [5.74, 6) is -0.175. The number of nitrogens with zero attached hydrogens (tertiary/aromatic N) is 1. The Kier molecular flexibility index (Phi) is 4.99. The number of likely N-dealkylation sites (tertiary alicyclic amines) is 1. The van der Waals surface area contributed by atoms with Gasteiger partial charge in [-0.25, -0.2) is 4.79 Å². The van der Waals surface area contributed by atoms with E-state index in [1.54, 1.807) is 18.7 Å². The maximum atomic E-state index is 12.0. The van der Waals surface area contributed by atoms with E-state index in [2.05, 4.69) is 12.2 Å². The summed E-state index contributed by atoms with van der Waals surface area (Å²) < 4.78 is 0. The van der Waals surface area contributed by atoms with Crippen LogP contribution in [0.4, 0.5) is 4.79 Å². The van der Waals surface area contributed by atoms with Gasteiger partial charge in [-0.15, -0.1) is 0 Å². The highest BCUT2D eigenvalue weighted by Gasteiger charge is 2.28. The SMILES string of the molecule is CCC1CCN(C(=O)NC(C)(C)CC(=O)O)CC1. The highest BCUT2D eigenvalue weighted by molar-refractivity contribution is 5.76. The number of carbonyl (C=O) groups excluding carboxylic acids is 1. The van der Waals surface area contributed by atoms with Crippen molar-refractivity contribution in [3.63, 3.8) is 0 Å². The molecular weight excluding hydrogens is 232 g/mol. The molecule has 0 radical (unpaired) electrons. The molecule has 0 spiro atoms. The molecule has 2 N–H and O–H groups in total. The number of aliphatic carboxylic acids is 1. The van der Waals surface area contributed by atoms with Crippen molar-refractivity contribution in [3.8, 4) is 0 Å². The van der Waals surface area contributed by atoms with Crippen molar-refractivity contribution in [1.82, 2.24) is 10.2 Å². The first kappa shape index (κ1) is 14.8. The Morgan fingerprint density at radius 1 is 1.33 bits per heavy atom. The molecule has 0 bridgehead atoms. The van der Waals surface area contributed by atoms with Crippen LogP contribution < -0.4 is 5.32 Å². The van der Waals surface area contributed by atoms with Crippen LogP contribution in [0.15, 0.2) is 0 Å². The zero-order chi connectivity index (χ0) is 13.8. The number of urea groups is 1. The summed E-state index contributed by atoms with van der Waals surface area (Å²) in [6.45, 7) is 7.19. The predicted molar refractivity (Wildman–Crippen MR) is 69.5 cm³/mol. The first-order chi connectivity index (χ1) is 8.34. The Labute approximate surface area is 109 Å². The molecule has 5 nitrogen and oxygen atoms in total. The molecule has 1 aliphatic heterocycles. The van der Waals surface area contributed by atoms with Gasteiger partial charge in [-0.3, -0.25) is 4.79 Å². The van der Waals surface area contributed by atoms with Crippen LogP contribution in [0.1, 0.15) is 46.5 Å². The summed E-state index contributed by atoms with van der Waals surface area (Å²) in [6.07, 6.45) is 3.19. The van der Waals surface area contributed by atoms with Crippen LogP contribution in [0.25, 0.3) is 0 Å². The molecule has 1 saturated heterocycles. The summed E-state index contributed by atoms with van der Waals surface area (Å²) in [5, 5.41) is 11.6. The van der Waals surface area contributed by atoms with Crippen LogP contribution in [-0.4, -0.2) is 40.6 Å². The smallest absolute Gasteiger partial charge is 0.317 e. The Morgan fingerprint density at radius 2 is 1.89 bits per heavy atom. The Morgan fingerprint density at radius 3 is 2.33 bits per heavy atom. The average Bonchev–Trinajstić information content (AvgIpc) is 2.26. The number of rotatable bonds is 4. The number of hydrogen-bond donors (Lipinski definition) is 2. The van der Waals surface area contributed by atoms with Gasteiger partial charge in [-0.2, -0.15) is 0 Å². The molecule has 0 atom stereocenters. The van der Waals surface area contributed by atoms with Crippen LogP contribution in [0, 0.1) is 5.92 Å². The third kappa shape index (κ3) is 4.55. The van der Waals surface area contributed by atoms with Gasteiger partial charge in [0.05, 0.1) is 6.42 Å². The maximum absolute atomic E-state index is 12.0. The lowest BCUT2D eigenvalue weighted by molar-refractivity contribution is -0.138. The molecule has 0 aromatic rings. The summed E-state index contributed by atoms with van der Waals surface area (Å²) in [7, 11) is 0. The molecule has 1 fully saturated rings. The van der Waals surface area contributed by atoms with E-state index >= 15 is 0 Å². The minimum atomic E-state index is -0.898. The van der Waals surface area contributed by atoms with Gasteiger partial charge in [0.2, 0.25) is 0 Å². The topological polar surface area (TPSA) is 69.6 Å². The van der Waals surface area contributed by atoms with Crippen LogP contribution in [0.3, 0.4) is 0 Å². The van der Waals surface area contributed by atoms with Crippen molar-refractivity contribution in [2.75, 3.05) is 13.1 Å². The lowest BCUT2D eigenvalue weighted by atomic mass is 9.94. The van der Waals surface area contributed by atoms with Crippen LogP contribution in [0.5, 0.6) is 0 Å². The Bertz CT molecular complexity index is 307. The molecule has 104 valence electrons. The van der Waals surface area contributed by atoms with E-state index in [9.17, 15) is 9.59 Å². The van der Waals surface area contributed by atoms with Crippen LogP contribution >= 0.6 is 0 Å². The predicted octanol–water partition coefficient (Wildman–Crippen LogP) is 2.07. The first-order valence-electron chi connectivity index (χ1n) is 6.63. The van der Waals surface area contributed by atoms with Crippen LogP contribution in [-0.2, 0) is 4.79 Å². The van der Waals surface area contributed by atoms with E-state index in [0.29, 0.717) is 0 Å². The summed E-state index contributed by atoms with van der Waals surface area (Å²) in [6, 6.07) is -0.143. The molecule has 2 amide bonds. The average molecular weight is 256 g/mol. The number of hydrogen-bond acceptors (Lipinski definition) is 2. The highest BCUT2D eigenvalue weighted by atomic mass is 16.4. The summed E-state index contributed by atoms with van der Waals surface area (Å²) in [5.41, 5.74) is -0.704. The number of carboxylic acid groups (broad SMARTS) is 1. The minimum Gasteiger partial charge on any atom is -0.481 e. The van der Waals surface area contributed by atoms with E-state index in [0.717, 1.165) is 31.8 Å². The second-order valence-electron chi connectivity index (χ2n) is 5.72. The molecule has 1 heterocycles. The van der Waals surface area contributed by atoms with E-state index in [-0.39, 0.29) is 12.5 Å². The van der Waals surface area contributed by atoms with E-state index < -0.39 is 11.5 Å². The summed E-state index contributed by atoms with van der Waals surface area (Å²) in [4.78, 5) is 24.5. The van der Waals surface area contributed by atoms with E-state index in [1.807, 2.05) is 0 Å². The third-order valence-electron chi connectivity index (χ3n) is 3.52. The second-order valence-corrected chi connectivity index (χ2v) is 5.72. The fourth-order valence-electron chi connectivity index (χ4n) is 2.34. The van der Waals surface area contributed by atoms with Crippen LogP contribution in [0.2, 0.25) is 0 Å². The van der Waals surface area contributed by atoms with Crippen molar-refractivity contribution in [1.29, 1.82) is 0 Å². The fraction of sp³-hybridized carbons (Fsp3) is 0.846. The van der Waals surface area contributed by atoms with Gasteiger partial charge in [0.25, 0.3) is 0 Å². The van der Waals surface area contributed by atoms with Gasteiger partial charge in [0.1, 0.15) is 0 Å². The number of amides is 2. The molecule has 1 aliphatic rings. The van der Waals surface area contributed by atoms with Gasteiger partial charge >= 0.3 is 12.0 Å². The molecule has 0 aliphatic carbocycles. The van der Waals surface area contributed by atoms with Crippen molar-refractivity contribution < 1.29 is 14.7 Å². The van der Waals surface area contributed by atoms with Gasteiger partial charge in [0.15, 0.2) is 0 Å². The number of carbonyl (C=O) groups is 2. The standard InChI is InChI=1S/C13H24N2O3/c1-4-10-5-7-15(8-6-10)12(18)14-13(2,3)9-11(16)17/h10H,4-9H2,1-3H3,(H,14,18)(H,16,17). The largest absolute Gasteiger partial charge is 0.481 e. The monoisotopic (exact) mass is 256 g/mol. The van der Waals surface area contributed by atoms with Crippen molar-refractivity contribution >= 4 is 12.0 Å². The molecule has 0 unspecified atom stereocenters. The quantitative estimate of drug-likeness (QED) is 0.809. The fourth-order valence-corrected chi connectivity index (χ4v) is 2.34. The molecule has 0 aromatic carbocycles. The lowest BCUT2D eigenvalue weighted by Crippen LogP contribution is -2.52. The zero-order valence-electron chi connectivity index (χ0n) is 11.5. The van der Waals surface area contributed by atoms with Gasteiger partial charge in [-0.1, -0.05) is 13.3 Å². The molecule has 1 rings (SSSR count). The Balaban J connectivity index is 2.44. The van der Waals surface area contributed by atoms with Crippen molar-refractivity contribution in [2.45, 2.75) is 52.0 Å². The maximum Gasteiger partial charge on any atom is 0.317 e. The first-order valence-corrected chi connectivity index (χ1v) is 6.63. The van der Waals surface area contributed by atoms with E-state index in [4.69, 9.17) is 5.11 Å². The molecule has 0 saturated carbocycles. The lowest BCUT2D eigenvalue weighted by Gasteiger charge is -2.34. The molecule has 0 aromatic heterocycles. The highest BCUT2D eigenvalue weighted by Crippen LogP contribution is 2.20. The van der Waals surface area contributed by atoms with E-state index in [1.165, 1.54) is 6.42 Å². The Hall–Kier alpha value is -1.26. The number of nitrogens with one attached hydrogen (secondary N) is 1. The van der Waals surface area contributed by atoms with Crippen molar-refractivity contribution in [2.24, 2.45) is 5.92 Å². The van der Waals surface area contributed by atoms with Gasteiger partial charge in [0, 0.05) is 18.6 Å². The zero-order valence-corrected chi connectivity index (χ0v) is 11.5. The second kappa shape index (κ2) is 6.07. The van der Waals surface area contributed by atoms with Gasteiger partial charge < -0.3 is 15.3 Å². The normalized spacial score (nSPS) is 17.6. The number of carboxylic acids is 1. The molecule has 18 heavy (non-hydrogen) atoms. The minimum absolute atomic E-state index is 0.0653.